The maximum Gasteiger partial charge on any atom is 0.0651 e. The van der Waals surface area contributed by atoms with Crippen LogP contribution in [0.4, 0.5) is 0 Å². The predicted molar refractivity (Wildman–Crippen MR) is 82.4 cm³/mol. The molecule has 2 aromatic heterocycles. The van der Waals surface area contributed by atoms with Crippen molar-refractivity contribution >= 4 is 23.2 Å². The van der Waals surface area contributed by atoms with Crippen LogP contribution < -0.4 is 0 Å². The van der Waals surface area contributed by atoms with Crippen molar-refractivity contribution in [1.82, 2.24) is 9.97 Å². The molecule has 2 rings (SSSR count). The molecule has 0 aromatic carbocycles. The summed E-state index contributed by atoms with van der Waals surface area (Å²) in [6, 6.07) is 1.97. The predicted octanol–water partition coefficient (Wildman–Crippen LogP) is 4.31. The van der Waals surface area contributed by atoms with Gasteiger partial charge in [-0.05, 0) is 6.07 Å². The first-order valence-corrected chi connectivity index (χ1v) is 6.37. The molecule has 0 saturated heterocycles. The normalized spacial score (nSPS) is 9.39. The Labute approximate surface area is 110 Å². The van der Waals surface area contributed by atoms with Crippen LogP contribution in [0.25, 0.3) is 17.0 Å². The number of aromatic nitrogens is 2. The highest BCUT2D eigenvalue weighted by atomic mass is 14.8. The Morgan fingerprint density at radius 3 is 2.50 bits per heavy atom. The van der Waals surface area contributed by atoms with Crippen molar-refractivity contribution in [3.63, 3.8) is 0 Å². The number of aliphatic imine (C=N–C) groups is 1. The highest BCUT2D eigenvalue weighted by Crippen LogP contribution is 2.21. The van der Waals surface area contributed by atoms with Crippen molar-refractivity contribution < 1.29 is 0 Å². The molecule has 0 radical (unpaired) electrons. The summed E-state index contributed by atoms with van der Waals surface area (Å²) in [6.45, 7) is 11.8. The van der Waals surface area contributed by atoms with Gasteiger partial charge in [-0.25, -0.2) is 0 Å². The molecule has 0 amide bonds. The number of nitrogens with zero attached hydrogens (tertiary/aromatic N) is 2. The van der Waals surface area contributed by atoms with Gasteiger partial charge >= 0.3 is 0 Å². The van der Waals surface area contributed by atoms with Gasteiger partial charge in [-0.15, -0.1) is 0 Å². The zero-order valence-corrected chi connectivity index (χ0v) is 12.0. The lowest BCUT2D eigenvalue weighted by atomic mass is 10.1. The molecule has 2 aromatic rings. The van der Waals surface area contributed by atoms with Crippen LogP contribution in [-0.2, 0) is 0 Å². The second kappa shape index (κ2) is 9.16. The van der Waals surface area contributed by atoms with Gasteiger partial charge < -0.3 is 4.98 Å². The minimum atomic E-state index is 0.977. The van der Waals surface area contributed by atoms with E-state index in [-0.39, 0.29) is 0 Å². The molecule has 3 nitrogen and oxygen atoms in total. The maximum atomic E-state index is 4.05. The van der Waals surface area contributed by atoms with E-state index in [1.807, 2.05) is 39.8 Å². The van der Waals surface area contributed by atoms with Crippen LogP contribution in [-0.4, -0.2) is 23.2 Å². The molecule has 0 saturated carbocycles. The summed E-state index contributed by atoms with van der Waals surface area (Å²) in [5.41, 5.74) is 3.07. The standard InChI is InChI=1S/C11H11N3.2C2H6/c1-3-8-9-4-5-13-7-11(9)14-10(8)6-12-2;2*1-2/h3-7,14H,1H2,2H3;2*1-2H3. The molecule has 0 spiro atoms. The van der Waals surface area contributed by atoms with Crippen molar-refractivity contribution in [3.05, 3.63) is 36.3 Å². The number of aromatic amines is 1. The number of pyridine rings is 1. The van der Waals surface area contributed by atoms with Crippen molar-refractivity contribution in [3.8, 4) is 0 Å². The third-order valence-corrected chi connectivity index (χ3v) is 2.13. The Balaban J connectivity index is 0.000000659. The lowest BCUT2D eigenvalue weighted by molar-refractivity contribution is 1.33. The average molecular weight is 245 g/mol. The zero-order chi connectivity index (χ0) is 14.0. The molecule has 0 bridgehead atoms. The lowest BCUT2D eigenvalue weighted by Crippen LogP contribution is -1.82. The highest BCUT2D eigenvalue weighted by molar-refractivity contribution is 5.98. The molecule has 0 aliphatic carbocycles. The number of fused-ring (bicyclic) bond motifs is 1. The minimum absolute atomic E-state index is 0.977. The summed E-state index contributed by atoms with van der Waals surface area (Å²) in [6.07, 6.45) is 7.19. The smallest absolute Gasteiger partial charge is 0.0651 e. The van der Waals surface area contributed by atoms with Crippen molar-refractivity contribution in [2.24, 2.45) is 4.99 Å². The summed E-state index contributed by atoms with van der Waals surface area (Å²) in [4.78, 5) is 11.3. The third kappa shape index (κ3) is 3.55. The molecule has 1 N–H and O–H groups in total. The Bertz CT molecular complexity index is 495. The highest BCUT2D eigenvalue weighted by Gasteiger charge is 2.05. The Hall–Kier alpha value is -1.90. The van der Waals surface area contributed by atoms with Gasteiger partial charge in [-0.1, -0.05) is 40.3 Å². The number of H-pyrrole nitrogens is 1. The van der Waals surface area contributed by atoms with E-state index < -0.39 is 0 Å². The molecule has 3 heteroatoms. The second-order valence-corrected chi connectivity index (χ2v) is 2.97. The average Bonchev–Trinajstić information content (AvgIpc) is 2.81. The minimum Gasteiger partial charge on any atom is -0.352 e. The van der Waals surface area contributed by atoms with Crippen molar-refractivity contribution in [2.45, 2.75) is 27.7 Å². The number of rotatable bonds is 2. The fraction of sp³-hybridized carbons (Fsp3) is 0.333. The first-order chi connectivity index (χ1) is 8.86. The lowest BCUT2D eigenvalue weighted by Gasteiger charge is -1.90. The monoisotopic (exact) mass is 245 g/mol. The Morgan fingerprint density at radius 1 is 1.28 bits per heavy atom. The summed E-state index contributed by atoms with van der Waals surface area (Å²) in [5.74, 6) is 0. The number of hydrogen-bond donors (Lipinski definition) is 1. The zero-order valence-electron chi connectivity index (χ0n) is 12.0. The summed E-state index contributed by atoms with van der Waals surface area (Å²) in [7, 11) is 1.75. The van der Waals surface area contributed by atoms with Crippen LogP contribution in [0.2, 0.25) is 0 Å². The molecular formula is C15H23N3. The van der Waals surface area contributed by atoms with Crippen LogP contribution in [0.1, 0.15) is 39.0 Å². The van der Waals surface area contributed by atoms with Crippen LogP contribution in [0, 0.1) is 0 Å². The van der Waals surface area contributed by atoms with Crippen molar-refractivity contribution in [1.29, 1.82) is 0 Å². The Kier molecular flexibility index (Phi) is 8.20. The first kappa shape index (κ1) is 16.1. The van der Waals surface area contributed by atoms with E-state index in [1.54, 1.807) is 25.7 Å². The van der Waals surface area contributed by atoms with Gasteiger partial charge in [-0.3, -0.25) is 9.98 Å². The van der Waals surface area contributed by atoms with E-state index in [2.05, 4.69) is 21.5 Å². The maximum absolute atomic E-state index is 4.05. The molecule has 0 unspecified atom stereocenters. The van der Waals surface area contributed by atoms with Gasteiger partial charge in [0, 0.05) is 30.4 Å². The van der Waals surface area contributed by atoms with Gasteiger partial charge in [0.15, 0.2) is 0 Å². The first-order valence-electron chi connectivity index (χ1n) is 6.37. The second-order valence-electron chi connectivity index (χ2n) is 2.97. The number of nitrogens with one attached hydrogen (secondary N) is 1. The molecule has 0 fully saturated rings. The SMILES string of the molecule is C=Cc1c(C=NC)[nH]c2cnccc12.CC.CC. The fourth-order valence-corrected chi connectivity index (χ4v) is 1.54. The molecule has 2 heterocycles. The van der Waals surface area contributed by atoms with Gasteiger partial charge in [0.2, 0.25) is 0 Å². The third-order valence-electron chi connectivity index (χ3n) is 2.13. The van der Waals surface area contributed by atoms with Gasteiger partial charge in [0.25, 0.3) is 0 Å². The topological polar surface area (TPSA) is 41.0 Å². The number of hydrogen-bond acceptors (Lipinski definition) is 2. The van der Waals surface area contributed by atoms with E-state index in [0.29, 0.717) is 0 Å². The molecule has 0 aliphatic rings. The van der Waals surface area contributed by atoms with E-state index >= 15 is 0 Å². The largest absolute Gasteiger partial charge is 0.352 e. The quantitative estimate of drug-likeness (QED) is 0.787. The van der Waals surface area contributed by atoms with Crippen molar-refractivity contribution in [2.75, 3.05) is 7.05 Å². The molecule has 98 valence electrons. The van der Waals surface area contributed by atoms with Gasteiger partial charge in [-0.2, -0.15) is 0 Å². The van der Waals surface area contributed by atoms with Gasteiger partial charge in [0.1, 0.15) is 0 Å². The van der Waals surface area contributed by atoms with E-state index in [9.17, 15) is 0 Å². The van der Waals surface area contributed by atoms with Crippen LogP contribution in [0.15, 0.2) is 30.0 Å². The van der Waals surface area contributed by atoms with E-state index in [4.69, 9.17) is 0 Å². The molecular weight excluding hydrogens is 222 g/mol. The molecule has 0 atom stereocenters. The van der Waals surface area contributed by atoms with Crippen LogP contribution in [0.3, 0.4) is 0 Å². The summed E-state index contributed by atoms with van der Waals surface area (Å²) >= 11 is 0. The van der Waals surface area contributed by atoms with Gasteiger partial charge in [0.05, 0.1) is 17.4 Å². The molecule has 18 heavy (non-hydrogen) atoms. The summed E-state index contributed by atoms with van der Waals surface area (Å²) in [5, 5.41) is 1.13. The Morgan fingerprint density at radius 2 is 1.94 bits per heavy atom. The van der Waals surface area contributed by atoms with E-state index in [1.165, 1.54) is 0 Å². The summed E-state index contributed by atoms with van der Waals surface area (Å²) < 4.78 is 0. The van der Waals surface area contributed by atoms with E-state index in [0.717, 1.165) is 22.2 Å². The molecule has 0 aliphatic heterocycles. The fourth-order valence-electron chi connectivity index (χ4n) is 1.54. The van der Waals surface area contributed by atoms with Crippen LogP contribution in [0.5, 0.6) is 0 Å². The van der Waals surface area contributed by atoms with Crippen LogP contribution >= 0.6 is 0 Å².